The van der Waals surface area contributed by atoms with Crippen LogP contribution in [0.25, 0.3) is 28.4 Å². The number of hydrogen-bond donors (Lipinski definition) is 2. The highest BCUT2D eigenvalue weighted by Gasteiger charge is 2.14. The van der Waals surface area contributed by atoms with Gasteiger partial charge in [-0.05, 0) is 43.2 Å². The number of aryl methyl sites for hydroxylation is 2. The Morgan fingerprint density at radius 1 is 1.00 bits per heavy atom. The first-order valence-corrected chi connectivity index (χ1v) is 7.82. The van der Waals surface area contributed by atoms with E-state index in [-0.39, 0.29) is 11.3 Å². The summed E-state index contributed by atoms with van der Waals surface area (Å²) in [6, 6.07) is 13.1. The van der Waals surface area contributed by atoms with Crippen molar-refractivity contribution >= 4 is 11.5 Å². The summed E-state index contributed by atoms with van der Waals surface area (Å²) in [5.41, 5.74) is 10.3. The number of H-pyrrole nitrogens is 1. The molecular formula is C18H16N6O. The van der Waals surface area contributed by atoms with Crippen molar-refractivity contribution in [1.29, 1.82) is 0 Å². The van der Waals surface area contributed by atoms with E-state index in [1.54, 1.807) is 12.1 Å². The average Bonchev–Trinajstić information content (AvgIpc) is 2.99. The van der Waals surface area contributed by atoms with E-state index >= 15 is 0 Å². The van der Waals surface area contributed by atoms with E-state index in [1.165, 1.54) is 4.52 Å². The van der Waals surface area contributed by atoms with Crippen molar-refractivity contribution in [3.8, 4) is 22.6 Å². The van der Waals surface area contributed by atoms with Gasteiger partial charge in [-0.15, -0.1) is 10.2 Å². The molecule has 0 radical (unpaired) electrons. The maximum atomic E-state index is 12.4. The first-order chi connectivity index (χ1) is 12.0. The molecule has 4 rings (SSSR count). The Morgan fingerprint density at radius 2 is 1.84 bits per heavy atom. The van der Waals surface area contributed by atoms with E-state index < -0.39 is 0 Å². The van der Waals surface area contributed by atoms with Crippen molar-refractivity contribution < 1.29 is 0 Å². The second kappa shape index (κ2) is 5.55. The number of hydrogen-bond acceptors (Lipinski definition) is 5. The van der Waals surface area contributed by atoms with Gasteiger partial charge in [-0.1, -0.05) is 24.3 Å². The molecule has 0 spiro atoms. The lowest BCUT2D eigenvalue weighted by atomic mass is 10.0. The molecule has 0 aliphatic carbocycles. The molecule has 0 amide bonds. The van der Waals surface area contributed by atoms with Gasteiger partial charge in [-0.3, -0.25) is 9.78 Å². The largest absolute Gasteiger partial charge is 0.399 e. The molecule has 25 heavy (non-hydrogen) atoms. The Bertz CT molecular complexity index is 1160. The average molecular weight is 332 g/mol. The number of rotatable bonds is 2. The zero-order chi connectivity index (χ0) is 17.6. The molecule has 7 nitrogen and oxygen atoms in total. The molecule has 0 fully saturated rings. The fourth-order valence-electron chi connectivity index (χ4n) is 2.69. The third-order valence-electron chi connectivity index (χ3n) is 4.21. The third kappa shape index (κ3) is 2.55. The van der Waals surface area contributed by atoms with Crippen LogP contribution < -0.4 is 11.3 Å². The standard InChI is InChI=1S/C18H16N6O/c1-10-6-7-12(8-11(10)2)15-17(25)20-18-22-21-16(24(18)23-15)13-4-3-5-14(19)9-13/h3-9H,19H2,1-2H3,(H,20,22,25). The van der Waals surface area contributed by atoms with Crippen molar-refractivity contribution in [3.63, 3.8) is 0 Å². The van der Waals surface area contributed by atoms with Crippen molar-refractivity contribution in [2.75, 3.05) is 5.73 Å². The Labute approximate surface area is 143 Å². The number of fused-ring (bicyclic) bond motifs is 1. The number of nitrogens with zero attached hydrogens (tertiary/aromatic N) is 4. The number of anilines is 1. The van der Waals surface area contributed by atoms with Gasteiger partial charge in [0.25, 0.3) is 11.3 Å². The van der Waals surface area contributed by atoms with Crippen LogP contribution in [0, 0.1) is 13.8 Å². The first kappa shape index (κ1) is 15.1. The quantitative estimate of drug-likeness (QED) is 0.549. The van der Waals surface area contributed by atoms with Gasteiger partial charge < -0.3 is 5.73 Å². The summed E-state index contributed by atoms with van der Waals surface area (Å²) in [5, 5.41) is 12.6. The predicted molar refractivity (Wildman–Crippen MR) is 96.2 cm³/mol. The lowest BCUT2D eigenvalue weighted by Crippen LogP contribution is -2.15. The van der Waals surface area contributed by atoms with Crippen molar-refractivity contribution in [2.45, 2.75) is 13.8 Å². The van der Waals surface area contributed by atoms with Gasteiger partial charge in [0.15, 0.2) is 11.5 Å². The molecular weight excluding hydrogens is 316 g/mol. The van der Waals surface area contributed by atoms with Crippen LogP contribution in [0.1, 0.15) is 11.1 Å². The summed E-state index contributed by atoms with van der Waals surface area (Å²) < 4.78 is 1.53. The second-order valence-corrected chi connectivity index (χ2v) is 5.99. The number of nitrogens with one attached hydrogen (secondary N) is 1. The Hall–Kier alpha value is -3.48. The highest BCUT2D eigenvalue weighted by Crippen LogP contribution is 2.21. The van der Waals surface area contributed by atoms with Crippen LogP contribution in [-0.2, 0) is 0 Å². The molecule has 7 heteroatoms. The van der Waals surface area contributed by atoms with E-state index in [2.05, 4.69) is 20.3 Å². The minimum absolute atomic E-state index is 0.287. The fourth-order valence-corrected chi connectivity index (χ4v) is 2.69. The molecule has 0 bridgehead atoms. The molecule has 2 aromatic heterocycles. The minimum Gasteiger partial charge on any atom is -0.399 e. The fraction of sp³-hybridized carbons (Fsp3) is 0.111. The minimum atomic E-state index is -0.303. The van der Waals surface area contributed by atoms with Gasteiger partial charge in [-0.2, -0.15) is 9.61 Å². The molecule has 0 saturated carbocycles. The van der Waals surface area contributed by atoms with Gasteiger partial charge in [0.1, 0.15) is 0 Å². The lowest BCUT2D eigenvalue weighted by molar-refractivity contribution is 0.898. The van der Waals surface area contributed by atoms with E-state index in [1.807, 2.05) is 44.2 Å². The normalized spacial score (nSPS) is 11.1. The zero-order valence-electron chi connectivity index (χ0n) is 13.8. The number of nitrogens with two attached hydrogens (primary N) is 1. The number of aromatic nitrogens is 5. The molecule has 0 atom stereocenters. The van der Waals surface area contributed by atoms with E-state index in [4.69, 9.17) is 5.73 Å². The van der Waals surface area contributed by atoms with Crippen molar-refractivity contribution in [3.05, 3.63) is 63.9 Å². The summed E-state index contributed by atoms with van der Waals surface area (Å²) in [6.45, 7) is 4.03. The van der Waals surface area contributed by atoms with Crippen molar-refractivity contribution in [2.24, 2.45) is 0 Å². The van der Waals surface area contributed by atoms with Gasteiger partial charge in [0.2, 0.25) is 0 Å². The second-order valence-electron chi connectivity index (χ2n) is 5.99. The van der Waals surface area contributed by atoms with Crippen LogP contribution in [0.15, 0.2) is 47.3 Å². The highest BCUT2D eigenvalue weighted by molar-refractivity contribution is 5.64. The van der Waals surface area contributed by atoms with Gasteiger partial charge in [-0.25, -0.2) is 0 Å². The van der Waals surface area contributed by atoms with E-state index in [0.717, 1.165) is 22.3 Å². The monoisotopic (exact) mass is 332 g/mol. The summed E-state index contributed by atoms with van der Waals surface area (Å²) in [5.74, 6) is 0.804. The van der Waals surface area contributed by atoms with E-state index in [0.29, 0.717) is 17.2 Å². The SMILES string of the molecule is Cc1ccc(-c2nn3c(-c4cccc(N)c4)nnc3[nH]c2=O)cc1C. The highest BCUT2D eigenvalue weighted by atomic mass is 16.1. The van der Waals surface area contributed by atoms with Crippen molar-refractivity contribution in [1.82, 2.24) is 24.8 Å². The Kier molecular flexibility index (Phi) is 3.35. The van der Waals surface area contributed by atoms with Crippen LogP contribution in [0.5, 0.6) is 0 Å². The molecule has 2 heterocycles. The van der Waals surface area contributed by atoms with Crippen LogP contribution in [-0.4, -0.2) is 24.8 Å². The summed E-state index contributed by atoms with van der Waals surface area (Å²) in [4.78, 5) is 15.1. The summed E-state index contributed by atoms with van der Waals surface area (Å²) in [6.07, 6.45) is 0. The van der Waals surface area contributed by atoms with Gasteiger partial charge in [0.05, 0.1) is 0 Å². The molecule has 0 saturated heterocycles. The van der Waals surface area contributed by atoms with Gasteiger partial charge in [0, 0.05) is 16.8 Å². The number of nitrogen functional groups attached to an aromatic ring is 1. The van der Waals surface area contributed by atoms with Crippen LogP contribution in [0.3, 0.4) is 0 Å². The molecule has 2 aromatic carbocycles. The van der Waals surface area contributed by atoms with Crippen LogP contribution in [0.4, 0.5) is 5.69 Å². The lowest BCUT2D eigenvalue weighted by Gasteiger charge is -2.05. The molecule has 4 aromatic rings. The van der Waals surface area contributed by atoms with Crippen LogP contribution in [0.2, 0.25) is 0 Å². The summed E-state index contributed by atoms with van der Waals surface area (Å²) in [7, 11) is 0. The molecule has 124 valence electrons. The Morgan fingerprint density at radius 3 is 2.60 bits per heavy atom. The maximum absolute atomic E-state index is 12.4. The molecule has 0 unspecified atom stereocenters. The Balaban J connectivity index is 1.95. The third-order valence-corrected chi connectivity index (χ3v) is 4.21. The van der Waals surface area contributed by atoms with E-state index in [9.17, 15) is 4.79 Å². The molecule has 0 aliphatic heterocycles. The number of aromatic amines is 1. The van der Waals surface area contributed by atoms with Crippen LogP contribution >= 0.6 is 0 Å². The first-order valence-electron chi connectivity index (χ1n) is 7.82. The smallest absolute Gasteiger partial charge is 0.279 e. The maximum Gasteiger partial charge on any atom is 0.279 e. The topological polar surface area (TPSA) is 102 Å². The zero-order valence-corrected chi connectivity index (χ0v) is 13.8. The molecule has 3 N–H and O–H groups in total. The summed E-state index contributed by atoms with van der Waals surface area (Å²) >= 11 is 0. The molecule has 0 aliphatic rings. The van der Waals surface area contributed by atoms with Gasteiger partial charge >= 0.3 is 0 Å². The number of benzene rings is 2. The predicted octanol–water partition coefficient (Wildman–Crippen LogP) is 2.35.